The highest BCUT2D eigenvalue weighted by atomic mass is 16.5. The van der Waals surface area contributed by atoms with Gasteiger partial charge in [0.1, 0.15) is 17.1 Å². The zero-order chi connectivity index (χ0) is 16.4. The number of nitrogens with zero attached hydrogens (tertiary/aromatic N) is 1. The molecule has 1 amide bonds. The topological polar surface area (TPSA) is 64.8 Å². The van der Waals surface area contributed by atoms with E-state index in [0.717, 1.165) is 32.1 Å². The first-order chi connectivity index (χ1) is 11.2. The van der Waals surface area contributed by atoms with Gasteiger partial charge in [-0.1, -0.05) is 6.07 Å². The third kappa shape index (κ3) is 2.90. The highest BCUT2D eigenvalue weighted by Gasteiger charge is 2.40. The maximum absolute atomic E-state index is 13.4. The van der Waals surface area contributed by atoms with Gasteiger partial charge in [0.15, 0.2) is 0 Å². The van der Waals surface area contributed by atoms with Crippen LogP contribution in [-0.2, 0) is 0 Å². The maximum atomic E-state index is 13.4. The minimum Gasteiger partial charge on any atom is -0.496 e. The van der Waals surface area contributed by atoms with Gasteiger partial charge in [-0.3, -0.25) is 4.79 Å². The van der Waals surface area contributed by atoms with Crippen LogP contribution in [0.4, 0.5) is 0 Å². The molecule has 2 N–H and O–H groups in total. The molecule has 1 aromatic rings. The number of ether oxygens (including phenoxy) is 2. The lowest BCUT2D eigenvalue weighted by molar-refractivity contribution is 0.0416. The third-order valence-corrected chi connectivity index (χ3v) is 5.23. The van der Waals surface area contributed by atoms with E-state index >= 15 is 0 Å². The summed E-state index contributed by atoms with van der Waals surface area (Å²) in [6, 6.07) is 5.95. The van der Waals surface area contributed by atoms with E-state index in [9.17, 15) is 4.79 Å². The van der Waals surface area contributed by atoms with Gasteiger partial charge in [0.2, 0.25) is 0 Å². The molecule has 0 aliphatic heterocycles. The molecule has 0 aromatic heterocycles. The second-order valence-corrected chi connectivity index (χ2v) is 6.50. The van der Waals surface area contributed by atoms with Gasteiger partial charge in [0, 0.05) is 18.1 Å². The summed E-state index contributed by atoms with van der Waals surface area (Å²) in [5.74, 6) is 1.11. The van der Waals surface area contributed by atoms with Crippen molar-refractivity contribution in [3.05, 3.63) is 23.8 Å². The minimum atomic E-state index is -0.00801. The molecule has 2 fully saturated rings. The summed E-state index contributed by atoms with van der Waals surface area (Å²) in [5, 5.41) is 0. The number of rotatable bonds is 5. The van der Waals surface area contributed by atoms with Crippen molar-refractivity contribution in [2.45, 2.75) is 56.7 Å². The van der Waals surface area contributed by atoms with Crippen LogP contribution in [0.3, 0.4) is 0 Å². The quantitative estimate of drug-likeness (QED) is 0.906. The van der Waals surface area contributed by atoms with E-state index in [1.807, 2.05) is 23.1 Å². The molecule has 2 aliphatic rings. The molecule has 3 rings (SSSR count). The molecule has 126 valence electrons. The molecule has 0 heterocycles. The van der Waals surface area contributed by atoms with Crippen LogP contribution in [0.5, 0.6) is 11.5 Å². The number of hydrogen-bond acceptors (Lipinski definition) is 4. The number of amides is 1. The minimum absolute atomic E-state index is 0.00801. The summed E-state index contributed by atoms with van der Waals surface area (Å²) >= 11 is 0. The van der Waals surface area contributed by atoms with E-state index in [1.165, 1.54) is 6.42 Å². The molecular weight excluding hydrogens is 292 g/mol. The van der Waals surface area contributed by atoms with E-state index in [0.29, 0.717) is 23.1 Å². The van der Waals surface area contributed by atoms with Crippen LogP contribution in [0.15, 0.2) is 18.2 Å². The lowest BCUT2D eigenvalue weighted by atomic mass is 9.88. The fraction of sp³-hybridized carbons (Fsp3) is 0.611. The van der Waals surface area contributed by atoms with Crippen molar-refractivity contribution in [2.24, 2.45) is 5.73 Å². The Morgan fingerprint density at radius 2 is 1.70 bits per heavy atom. The summed E-state index contributed by atoms with van der Waals surface area (Å²) in [6.45, 7) is 0. The maximum Gasteiger partial charge on any atom is 0.261 e. The summed E-state index contributed by atoms with van der Waals surface area (Å²) < 4.78 is 10.8. The van der Waals surface area contributed by atoms with Crippen molar-refractivity contribution in [1.82, 2.24) is 4.90 Å². The Balaban J connectivity index is 1.98. The number of methoxy groups -OCH3 is 2. The monoisotopic (exact) mass is 318 g/mol. The molecule has 0 spiro atoms. The second-order valence-electron chi connectivity index (χ2n) is 6.50. The van der Waals surface area contributed by atoms with Crippen molar-refractivity contribution >= 4 is 5.91 Å². The van der Waals surface area contributed by atoms with Crippen molar-refractivity contribution in [3.63, 3.8) is 0 Å². The van der Waals surface area contributed by atoms with Gasteiger partial charge in [-0.25, -0.2) is 0 Å². The average Bonchev–Trinajstić information content (AvgIpc) is 2.94. The van der Waals surface area contributed by atoms with Crippen molar-refractivity contribution < 1.29 is 14.3 Å². The van der Waals surface area contributed by atoms with Gasteiger partial charge in [-0.2, -0.15) is 0 Å². The molecule has 2 saturated carbocycles. The largest absolute Gasteiger partial charge is 0.496 e. The number of nitrogens with two attached hydrogens (primary N) is 1. The predicted octanol–water partition coefficient (Wildman–Crippen LogP) is 2.58. The standard InChI is InChI=1S/C18H26N2O3/c1-22-15-10-5-11-16(23-2)17(15)18(21)20(12-6-3-7-12)14-9-4-8-13(14)19/h5,10-14H,3-4,6-9,19H2,1-2H3/t13-,14+/m1/s1. The Hall–Kier alpha value is -1.75. The number of benzene rings is 1. The van der Waals surface area contributed by atoms with Crippen molar-refractivity contribution in [1.29, 1.82) is 0 Å². The highest BCUT2D eigenvalue weighted by Crippen LogP contribution is 2.37. The van der Waals surface area contributed by atoms with Crippen LogP contribution < -0.4 is 15.2 Å². The predicted molar refractivity (Wildman–Crippen MR) is 89.0 cm³/mol. The van der Waals surface area contributed by atoms with Crippen LogP contribution in [0.25, 0.3) is 0 Å². The fourth-order valence-electron chi connectivity index (χ4n) is 3.76. The van der Waals surface area contributed by atoms with Crippen molar-refractivity contribution in [2.75, 3.05) is 14.2 Å². The zero-order valence-electron chi connectivity index (χ0n) is 14.0. The molecule has 2 atom stereocenters. The molecule has 1 aromatic carbocycles. The summed E-state index contributed by atoms with van der Waals surface area (Å²) in [7, 11) is 3.17. The number of carbonyl (C=O) groups is 1. The number of hydrogen-bond donors (Lipinski definition) is 1. The average molecular weight is 318 g/mol. The van der Waals surface area contributed by atoms with E-state index in [1.54, 1.807) is 14.2 Å². The van der Waals surface area contributed by atoms with Gasteiger partial charge in [-0.05, 0) is 50.7 Å². The molecule has 0 radical (unpaired) electrons. The van der Waals surface area contributed by atoms with Gasteiger partial charge >= 0.3 is 0 Å². The Labute approximate surface area is 137 Å². The van der Waals surface area contributed by atoms with Crippen molar-refractivity contribution in [3.8, 4) is 11.5 Å². The third-order valence-electron chi connectivity index (χ3n) is 5.23. The molecule has 0 unspecified atom stereocenters. The van der Waals surface area contributed by atoms with Gasteiger partial charge in [-0.15, -0.1) is 0 Å². The van der Waals surface area contributed by atoms with Crippen LogP contribution in [-0.4, -0.2) is 43.2 Å². The number of carbonyl (C=O) groups excluding carboxylic acids is 1. The molecule has 5 nitrogen and oxygen atoms in total. The Morgan fingerprint density at radius 3 is 2.13 bits per heavy atom. The lowest BCUT2D eigenvalue weighted by Gasteiger charge is -2.43. The first-order valence-electron chi connectivity index (χ1n) is 8.46. The Bertz CT molecular complexity index is 549. The first kappa shape index (κ1) is 16.1. The summed E-state index contributed by atoms with van der Waals surface area (Å²) in [5.41, 5.74) is 6.81. The molecule has 2 aliphatic carbocycles. The van der Waals surface area contributed by atoms with E-state index in [2.05, 4.69) is 0 Å². The van der Waals surface area contributed by atoms with Gasteiger partial charge in [0.25, 0.3) is 5.91 Å². The Morgan fingerprint density at radius 1 is 1.09 bits per heavy atom. The second kappa shape index (κ2) is 6.79. The molecule has 5 heteroatoms. The fourth-order valence-corrected chi connectivity index (χ4v) is 3.76. The van der Waals surface area contributed by atoms with E-state index < -0.39 is 0 Å². The van der Waals surface area contributed by atoms with Gasteiger partial charge < -0.3 is 20.1 Å². The van der Waals surface area contributed by atoms with Crippen LogP contribution in [0.2, 0.25) is 0 Å². The van der Waals surface area contributed by atoms with Gasteiger partial charge in [0.05, 0.1) is 14.2 Å². The molecular formula is C18H26N2O3. The van der Waals surface area contributed by atoms with E-state index in [4.69, 9.17) is 15.2 Å². The normalized spacial score (nSPS) is 24.1. The smallest absolute Gasteiger partial charge is 0.261 e. The van der Waals surface area contributed by atoms with Crippen LogP contribution in [0, 0.1) is 0 Å². The molecule has 23 heavy (non-hydrogen) atoms. The molecule has 0 saturated heterocycles. The van der Waals surface area contributed by atoms with Crippen LogP contribution >= 0.6 is 0 Å². The summed E-state index contributed by atoms with van der Waals surface area (Å²) in [4.78, 5) is 15.4. The summed E-state index contributed by atoms with van der Waals surface area (Å²) in [6.07, 6.45) is 6.37. The van der Waals surface area contributed by atoms with Crippen LogP contribution in [0.1, 0.15) is 48.9 Å². The SMILES string of the molecule is COc1cccc(OC)c1C(=O)N(C1CCC1)[C@H]1CCC[C@H]1N. The molecule has 0 bridgehead atoms. The lowest BCUT2D eigenvalue weighted by Crippen LogP contribution is -2.54. The zero-order valence-corrected chi connectivity index (χ0v) is 14.0. The highest BCUT2D eigenvalue weighted by molar-refractivity contribution is 6.00. The van der Waals surface area contributed by atoms with E-state index in [-0.39, 0.29) is 18.0 Å². The first-order valence-corrected chi connectivity index (χ1v) is 8.46. The Kier molecular flexibility index (Phi) is 4.76.